The quantitative estimate of drug-likeness (QED) is 0.799. The minimum absolute atomic E-state index is 0.0549. The van der Waals surface area contributed by atoms with Crippen LogP contribution < -0.4 is 5.73 Å². The van der Waals surface area contributed by atoms with Crippen molar-refractivity contribution in [2.75, 3.05) is 18.8 Å². The van der Waals surface area contributed by atoms with Gasteiger partial charge in [0.15, 0.2) is 11.5 Å². The molecule has 0 saturated carbocycles. The first-order chi connectivity index (χ1) is 10.6. The van der Waals surface area contributed by atoms with Crippen LogP contribution >= 0.6 is 0 Å². The van der Waals surface area contributed by atoms with E-state index in [0.717, 1.165) is 0 Å². The number of carbonyl (C=O) groups is 2. The number of nitrogens with zero attached hydrogens (tertiary/aromatic N) is 5. The van der Waals surface area contributed by atoms with Crippen LogP contribution in [-0.4, -0.2) is 54.5 Å². The van der Waals surface area contributed by atoms with Crippen molar-refractivity contribution in [3.63, 3.8) is 0 Å². The number of hydrogen-bond donors (Lipinski definition) is 2. The predicted molar refractivity (Wildman–Crippen MR) is 76.7 cm³/mol. The highest BCUT2D eigenvalue weighted by Crippen LogP contribution is 2.18. The van der Waals surface area contributed by atoms with Gasteiger partial charge in [0.25, 0.3) is 0 Å². The number of likely N-dealkylation sites (tertiary alicyclic amines) is 1. The van der Waals surface area contributed by atoms with Gasteiger partial charge in [-0.15, -0.1) is 0 Å². The highest BCUT2D eigenvalue weighted by atomic mass is 16.4. The van der Waals surface area contributed by atoms with Gasteiger partial charge in [-0.2, -0.15) is 0 Å². The number of carbonyl (C=O) groups excluding carboxylic acids is 1. The zero-order valence-electron chi connectivity index (χ0n) is 11.8. The molecule has 1 fully saturated rings. The van der Waals surface area contributed by atoms with Crippen LogP contribution in [0.4, 0.5) is 5.82 Å². The number of carboxylic acids is 1. The van der Waals surface area contributed by atoms with Crippen LogP contribution in [0.1, 0.15) is 12.8 Å². The van der Waals surface area contributed by atoms with Crippen molar-refractivity contribution in [1.82, 2.24) is 24.4 Å². The highest BCUT2D eigenvalue weighted by Gasteiger charge is 2.28. The van der Waals surface area contributed by atoms with E-state index in [1.165, 1.54) is 12.7 Å². The average Bonchev–Trinajstić information content (AvgIpc) is 2.92. The molecule has 9 heteroatoms. The van der Waals surface area contributed by atoms with Gasteiger partial charge in [0.05, 0.1) is 12.2 Å². The molecule has 9 nitrogen and oxygen atoms in total. The molecule has 0 aliphatic carbocycles. The van der Waals surface area contributed by atoms with E-state index < -0.39 is 11.9 Å². The molecule has 2 aromatic heterocycles. The summed E-state index contributed by atoms with van der Waals surface area (Å²) in [4.78, 5) is 37.1. The Balaban J connectivity index is 1.76. The second kappa shape index (κ2) is 5.58. The molecule has 2 aromatic rings. The fourth-order valence-corrected chi connectivity index (χ4v) is 2.67. The minimum Gasteiger partial charge on any atom is -0.481 e. The molecule has 116 valence electrons. The van der Waals surface area contributed by atoms with E-state index in [9.17, 15) is 9.59 Å². The summed E-state index contributed by atoms with van der Waals surface area (Å²) in [5, 5.41) is 9.08. The second-order valence-corrected chi connectivity index (χ2v) is 5.32. The molecule has 22 heavy (non-hydrogen) atoms. The summed E-state index contributed by atoms with van der Waals surface area (Å²) in [6.07, 6.45) is 4.12. The Bertz CT molecular complexity index is 728. The molecule has 0 aromatic carbocycles. The van der Waals surface area contributed by atoms with Crippen molar-refractivity contribution >= 4 is 28.9 Å². The van der Waals surface area contributed by atoms with E-state index in [0.29, 0.717) is 30.6 Å². The molecule has 1 amide bonds. The number of hydrogen-bond acceptors (Lipinski definition) is 6. The van der Waals surface area contributed by atoms with E-state index in [1.54, 1.807) is 9.47 Å². The number of amides is 1. The molecule has 0 bridgehead atoms. The lowest BCUT2D eigenvalue weighted by Crippen LogP contribution is -2.43. The van der Waals surface area contributed by atoms with Crippen molar-refractivity contribution in [3.8, 4) is 0 Å². The normalized spacial score (nSPS) is 18.5. The highest BCUT2D eigenvalue weighted by molar-refractivity contribution is 5.83. The molecule has 0 spiro atoms. The molecule has 0 radical (unpaired) electrons. The molecular weight excluding hydrogens is 288 g/mol. The van der Waals surface area contributed by atoms with E-state index >= 15 is 0 Å². The van der Waals surface area contributed by atoms with Crippen LogP contribution in [0.3, 0.4) is 0 Å². The first-order valence-electron chi connectivity index (χ1n) is 6.98. The Kier molecular flexibility index (Phi) is 3.61. The van der Waals surface area contributed by atoms with E-state index in [-0.39, 0.29) is 24.8 Å². The van der Waals surface area contributed by atoms with Crippen molar-refractivity contribution in [1.29, 1.82) is 0 Å². The summed E-state index contributed by atoms with van der Waals surface area (Å²) in [7, 11) is 0. The fourth-order valence-electron chi connectivity index (χ4n) is 2.67. The largest absolute Gasteiger partial charge is 0.481 e. The Labute approximate surface area is 125 Å². The lowest BCUT2D eigenvalue weighted by Gasteiger charge is -2.30. The van der Waals surface area contributed by atoms with Crippen LogP contribution in [0, 0.1) is 5.92 Å². The van der Waals surface area contributed by atoms with Gasteiger partial charge in [0.2, 0.25) is 5.91 Å². The number of imidazole rings is 1. The average molecular weight is 304 g/mol. The Morgan fingerprint density at radius 1 is 1.36 bits per heavy atom. The zero-order valence-corrected chi connectivity index (χ0v) is 11.8. The maximum atomic E-state index is 12.4. The molecule has 1 aliphatic rings. The Morgan fingerprint density at radius 3 is 2.95 bits per heavy atom. The Morgan fingerprint density at radius 2 is 2.18 bits per heavy atom. The fraction of sp³-hybridized carbons (Fsp3) is 0.462. The predicted octanol–water partition coefficient (Wildman–Crippen LogP) is -0.268. The van der Waals surface area contributed by atoms with Crippen LogP contribution in [0.2, 0.25) is 0 Å². The smallest absolute Gasteiger partial charge is 0.308 e. The topological polar surface area (TPSA) is 127 Å². The number of nitrogens with two attached hydrogens (primary N) is 1. The molecule has 1 atom stereocenters. The third kappa shape index (κ3) is 2.57. The van der Waals surface area contributed by atoms with Crippen LogP contribution in [0.5, 0.6) is 0 Å². The molecule has 1 saturated heterocycles. The van der Waals surface area contributed by atoms with Crippen LogP contribution in [0.15, 0.2) is 12.7 Å². The lowest BCUT2D eigenvalue weighted by atomic mass is 9.98. The lowest BCUT2D eigenvalue weighted by molar-refractivity contribution is -0.145. The molecule has 1 unspecified atom stereocenters. The van der Waals surface area contributed by atoms with Crippen molar-refractivity contribution < 1.29 is 14.7 Å². The number of fused-ring (bicyclic) bond motifs is 1. The van der Waals surface area contributed by atoms with E-state index in [4.69, 9.17) is 10.8 Å². The summed E-state index contributed by atoms with van der Waals surface area (Å²) < 4.78 is 1.60. The van der Waals surface area contributed by atoms with Crippen molar-refractivity contribution in [2.24, 2.45) is 5.92 Å². The Hall–Kier alpha value is -2.71. The first-order valence-corrected chi connectivity index (χ1v) is 6.98. The second-order valence-electron chi connectivity index (χ2n) is 5.32. The van der Waals surface area contributed by atoms with Gasteiger partial charge in [0, 0.05) is 13.1 Å². The molecule has 3 rings (SSSR count). The number of piperidine rings is 1. The third-order valence-corrected chi connectivity index (χ3v) is 3.86. The number of aromatic nitrogens is 4. The number of carboxylic acid groups (broad SMARTS) is 1. The molecular formula is C13H16N6O3. The number of nitrogen functional groups attached to an aromatic ring is 1. The van der Waals surface area contributed by atoms with Crippen LogP contribution in [0.25, 0.3) is 11.2 Å². The van der Waals surface area contributed by atoms with Gasteiger partial charge >= 0.3 is 5.97 Å². The van der Waals surface area contributed by atoms with Gasteiger partial charge in [-0.1, -0.05) is 0 Å². The number of anilines is 1. The first kappa shape index (κ1) is 14.2. The molecule has 3 heterocycles. The number of aliphatic carboxylic acids is 1. The summed E-state index contributed by atoms with van der Waals surface area (Å²) >= 11 is 0. The maximum absolute atomic E-state index is 12.4. The SMILES string of the molecule is Nc1ncnc2c1ncn2CC(=O)N1CCCC(C(=O)O)C1. The third-order valence-electron chi connectivity index (χ3n) is 3.86. The van der Waals surface area contributed by atoms with Gasteiger partial charge in [-0.3, -0.25) is 9.59 Å². The summed E-state index contributed by atoms with van der Waals surface area (Å²) in [5.41, 5.74) is 6.66. The van der Waals surface area contributed by atoms with Crippen molar-refractivity contribution in [2.45, 2.75) is 19.4 Å². The van der Waals surface area contributed by atoms with Crippen molar-refractivity contribution in [3.05, 3.63) is 12.7 Å². The van der Waals surface area contributed by atoms with Crippen LogP contribution in [-0.2, 0) is 16.1 Å². The van der Waals surface area contributed by atoms with Gasteiger partial charge in [-0.05, 0) is 12.8 Å². The van der Waals surface area contributed by atoms with Gasteiger partial charge in [-0.25, -0.2) is 15.0 Å². The molecule has 1 aliphatic heterocycles. The summed E-state index contributed by atoms with van der Waals surface area (Å²) in [5.74, 6) is -1.23. The standard InChI is InChI=1S/C13H16N6O3/c14-11-10-12(16-6-15-11)19(7-17-10)5-9(20)18-3-1-2-8(4-18)13(21)22/h6-8H,1-5H2,(H,21,22)(H2,14,15,16). The van der Waals surface area contributed by atoms with Gasteiger partial charge in [0.1, 0.15) is 18.4 Å². The molecule has 3 N–H and O–H groups in total. The zero-order chi connectivity index (χ0) is 15.7. The van der Waals surface area contributed by atoms with E-state index in [2.05, 4.69) is 15.0 Å². The number of rotatable bonds is 3. The van der Waals surface area contributed by atoms with E-state index in [1.807, 2.05) is 0 Å². The monoisotopic (exact) mass is 304 g/mol. The summed E-state index contributed by atoms with van der Waals surface area (Å²) in [6.45, 7) is 0.879. The minimum atomic E-state index is -0.855. The maximum Gasteiger partial charge on any atom is 0.308 e. The summed E-state index contributed by atoms with van der Waals surface area (Å²) in [6, 6.07) is 0. The van der Waals surface area contributed by atoms with Gasteiger partial charge < -0.3 is 20.3 Å².